The standard InChI is InChI=1S/C37H25Br3O/c38-34-19-7-28(8-20-34)25-1-13-31(14-2-25)37(41,32-15-3-26(4-16-32)29-9-21-35(39)22-10-29)33-17-5-27(6-18-33)30-11-23-36(40)24-12-30/h1-24,41H. The highest BCUT2D eigenvalue weighted by atomic mass is 79.9. The van der Waals surface area contributed by atoms with Gasteiger partial charge in [-0.3, -0.25) is 0 Å². The quantitative estimate of drug-likeness (QED) is 0.170. The van der Waals surface area contributed by atoms with Crippen LogP contribution < -0.4 is 0 Å². The summed E-state index contributed by atoms with van der Waals surface area (Å²) in [5.74, 6) is 0. The van der Waals surface area contributed by atoms with Crippen molar-refractivity contribution in [1.29, 1.82) is 0 Å². The minimum Gasteiger partial charge on any atom is -0.376 e. The molecule has 0 saturated heterocycles. The number of halogens is 3. The van der Waals surface area contributed by atoms with E-state index in [0.29, 0.717) is 0 Å². The molecule has 1 N–H and O–H groups in total. The second-order valence-electron chi connectivity index (χ2n) is 9.96. The van der Waals surface area contributed by atoms with Crippen molar-refractivity contribution in [2.24, 2.45) is 0 Å². The van der Waals surface area contributed by atoms with E-state index in [-0.39, 0.29) is 0 Å². The average Bonchev–Trinajstić information content (AvgIpc) is 3.02. The molecule has 4 heteroatoms. The van der Waals surface area contributed by atoms with Crippen LogP contribution in [0.1, 0.15) is 16.7 Å². The first-order valence-corrected chi connectivity index (χ1v) is 15.6. The van der Waals surface area contributed by atoms with Crippen LogP contribution in [-0.4, -0.2) is 5.11 Å². The van der Waals surface area contributed by atoms with Gasteiger partial charge in [0.2, 0.25) is 0 Å². The van der Waals surface area contributed by atoms with Gasteiger partial charge in [0.15, 0.2) is 0 Å². The predicted octanol–water partition coefficient (Wildman–Crippen LogP) is 11.3. The second-order valence-corrected chi connectivity index (χ2v) is 12.7. The lowest BCUT2D eigenvalue weighted by Gasteiger charge is -2.31. The van der Waals surface area contributed by atoms with Crippen molar-refractivity contribution in [3.8, 4) is 33.4 Å². The molecule has 0 bridgehead atoms. The van der Waals surface area contributed by atoms with Crippen LogP contribution in [0.2, 0.25) is 0 Å². The van der Waals surface area contributed by atoms with Crippen LogP contribution in [0.4, 0.5) is 0 Å². The molecule has 0 heterocycles. The maximum absolute atomic E-state index is 12.6. The number of hydrogen-bond donors (Lipinski definition) is 1. The van der Waals surface area contributed by atoms with Gasteiger partial charge < -0.3 is 5.11 Å². The molecule has 6 aromatic carbocycles. The van der Waals surface area contributed by atoms with E-state index in [2.05, 4.69) is 121 Å². The van der Waals surface area contributed by atoms with Gasteiger partial charge in [0.25, 0.3) is 0 Å². The van der Waals surface area contributed by atoms with Crippen molar-refractivity contribution >= 4 is 47.8 Å². The Morgan fingerprint density at radius 3 is 0.659 bits per heavy atom. The second kappa shape index (κ2) is 11.9. The molecule has 0 amide bonds. The van der Waals surface area contributed by atoms with Crippen LogP contribution >= 0.6 is 47.8 Å². The largest absolute Gasteiger partial charge is 0.376 e. The summed E-state index contributed by atoms with van der Waals surface area (Å²) in [6.07, 6.45) is 0. The molecule has 0 aliphatic heterocycles. The summed E-state index contributed by atoms with van der Waals surface area (Å²) in [5.41, 5.74) is 7.76. The lowest BCUT2D eigenvalue weighted by atomic mass is 9.79. The topological polar surface area (TPSA) is 20.2 Å². The van der Waals surface area contributed by atoms with Gasteiger partial charge in [0.05, 0.1) is 0 Å². The zero-order chi connectivity index (χ0) is 28.4. The first-order chi connectivity index (χ1) is 19.9. The van der Waals surface area contributed by atoms with Crippen LogP contribution in [0, 0.1) is 0 Å². The van der Waals surface area contributed by atoms with Crippen molar-refractivity contribution in [2.45, 2.75) is 5.60 Å². The van der Waals surface area contributed by atoms with Gasteiger partial charge in [0, 0.05) is 13.4 Å². The average molecular weight is 725 g/mol. The third-order valence-electron chi connectivity index (χ3n) is 7.44. The summed E-state index contributed by atoms with van der Waals surface area (Å²) < 4.78 is 3.14. The number of benzene rings is 6. The zero-order valence-corrected chi connectivity index (χ0v) is 26.7. The Balaban J connectivity index is 1.41. The van der Waals surface area contributed by atoms with Gasteiger partial charge in [-0.1, -0.05) is 157 Å². The molecule has 0 aliphatic carbocycles. The molecular formula is C37H25Br3O. The van der Waals surface area contributed by atoms with E-state index < -0.39 is 5.60 Å². The van der Waals surface area contributed by atoms with Crippen LogP contribution in [0.3, 0.4) is 0 Å². The first-order valence-electron chi connectivity index (χ1n) is 13.2. The lowest BCUT2D eigenvalue weighted by molar-refractivity contribution is 0.126. The molecule has 0 spiro atoms. The van der Waals surface area contributed by atoms with Crippen LogP contribution in [0.15, 0.2) is 159 Å². The van der Waals surface area contributed by atoms with E-state index in [1.807, 2.05) is 72.8 Å². The molecule has 41 heavy (non-hydrogen) atoms. The van der Waals surface area contributed by atoms with Gasteiger partial charge in [0.1, 0.15) is 5.60 Å². The summed E-state index contributed by atoms with van der Waals surface area (Å²) in [6.45, 7) is 0. The van der Waals surface area contributed by atoms with E-state index in [1.165, 1.54) is 0 Å². The van der Waals surface area contributed by atoms with Gasteiger partial charge in [-0.25, -0.2) is 0 Å². The fourth-order valence-corrected chi connectivity index (χ4v) is 5.93. The number of hydrogen-bond acceptors (Lipinski definition) is 1. The molecule has 200 valence electrons. The third-order valence-corrected chi connectivity index (χ3v) is 9.03. The van der Waals surface area contributed by atoms with E-state index in [1.54, 1.807) is 0 Å². The van der Waals surface area contributed by atoms with Gasteiger partial charge in [-0.05, 0) is 86.5 Å². The van der Waals surface area contributed by atoms with Crippen molar-refractivity contribution in [2.75, 3.05) is 0 Å². The highest BCUT2D eigenvalue weighted by Crippen LogP contribution is 2.39. The monoisotopic (exact) mass is 722 g/mol. The number of rotatable bonds is 6. The minimum atomic E-state index is -1.34. The normalized spacial score (nSPS) is 11.4. The van der Waals surface area contributed by atoms with E-state index in [9.17, 15) is 5.11 Å². The molecule has 0 radical (unpaired) electrons. The predicted molar refractivity (Wildman–Crippen MR) is 181 cm³/mol. The van der Waals surface area contributed by atoms with Crippen molar-refractivity contribution in [1.82, 2.24) is 0 Å². The fraction of sp³-hybridized carbons (Fsp3) is 0.0270. The molecule has 0 aliphatic rings. The molecule has 0 unspecified atom stereocenters. The maximum Gasteiger partial charge on any atom is 0.140 e. The van der Waals surface area contributed by atoms with Gasteiger partial charge in [-0.2, -0.15) is 0 Å². The van der Waals surface area contributed by atoms with Crippen molar-refractivity contribution in [3.63, 3.8) is 0 Å². The van der Waals surface area contributed by atoms with Crippen molar-refractivity contribution < 1.29 is 5.11 Å². The molecule has 6 rings (SSSR count). The fourth-order valence-electron chi connectivity index (χ4n) is 5.14. The molecule has 1 nitrogen and oxygen atoms in total. The van der Waals surface area contributed by atoms with Gasteiger partial charge >= 0.3 is 0 Å². The Labute approximate surface area is 265 Å². The minimum absolute atomic E-state index is 0.811. The number of aliphatic hydroxyl groups is 1. The highest BCUT2D eigenvalue weighted by molar-refractivity contribution is 9.11. The first kappa shape index (κ1) is 27.9. The molecule has 0 atom stereocenters. The zero-order valence-electron chi connectivity index (χ0n) is 21.9. The van der Waals surface area contributed by atoms with Crippen LogP contribution in [0.5, 0.6) is 0 Å². The summed E-state index contributed by atoms with van der Waals surface area (Å²) in [4.78, 5) is 0. The molecule has 0 aromatic heterocycles. The van der Waals surface area contributed by atoms with Crippen LogP contribution in [0.25, 0.3) is 33.4 Å². The summed E-state index contributed by atoms with van der Waals surface area (Å²) >= 11 is 10.5. The van der Waals surface area contributed by atoms with E-state index in [4.69, 9.17) is 0 Å². The summed E-state index contributed by atoms with van der Waals surface area (Å²) in [6, 6.07) is 49.4. The Bertz CT molecular complexity index is 1540. The van der Waals surface area contributed by atoms with Crippen LogP contribution in [-0.2, 0) is 5.60 Å². The Hall–Kier alpha value is -3.28. The summed E-state index contributed by atoms with van der Waals surface area (Å²) in [7, 11) is 0. The smallest absolute Gasteiger partial charge is 0.140 e. The Morgan fingerprint density at radius 1 is 0.293 bits per heavy atom. The molecular weight excluding hydrogens is 700 g/mol. The summed E-state index contributed by atoms with van der Waals surface area (Å²) in [5, 5.41) is 12.6. The molecule has 0 fully saturated rings. The maximum atomic E-state index is 12.6. The molecule has 6 aromatic rings. The third kappa shape index (κ3) is 5.89. The van der Waals surface area contributed by atoms with E-state index in [0.717, 1.165) is 63.5 Å². The highest BCUT2D eigenvalue weighted by Gasteiger charge is 2.34. The van der Waals surface area contributed by atoms with Gasteiger partial charge in [-0.15, -0.1) is 0 Å². The van der Waals surface area contributed by atoms with Crippen molar-refractivity contribution in [3.05, 3.63) is 176 Å². The van der Waals surface area contributed by atoms with E-state index >= 15 is 0 Å². The SMILES string of the molecule is OC(c1ccc(-c2ccc(Br)cc2)cc1)(c1ccc(-c2ccc(Br)cc2)cc1)c1ccc(-c2ccc(Br)cc2)cc1. The Kier molecular flexibility index (Phi) is 8.10. The lowest BCUT2D eigenvalue weighted by Crippen LogP contribution is -2.28. The Morgan fingerprint density at radius 2 is 0.463 bits per heavy atom. The molecule has 0 saturated carbocycles.